The summed E-state index contributed by atoms with van der Waals surface area (Å²) in [6.07, 6.45) is 6.16. The highest BCUT2D eigenvalue weighted by Gasteiger charge is 2.21. The molecule has 6 nitrogen and oxygen atoms in total. The number of piperidine rings is 1. The second-order valence-electron chi connectivity index (χ2n) is 7.87. The molecule has 0 saturated carbocycles. The molecular formula is C22H34ClN5O. The van der Waals surface area contributed by atoms with Gasteiger partial charge in [-0.2, -0.15) is 5.10 Å². The van der Waals surface area contributed by atoms with E-state index in [9.17, 15) is 4.79 Å². The number of rotatable bonds is 9. The molecule has 0 radical (unpaired) electrons. The summed E-state index contributed by atoms with van der Waals surface area (Å²) in [4.78, 5) is 17.2. The van der Waals surface area contributed by atoms with Crippen LogP contribution in [-0.4, -0.2) is 72.3 Å². The molecule has 7 heteroatoms. The Morgan fingerprint density at radius 3 is 2.66 bits per heavy atom. The summed E-state index contributed by atoms with van der Waals surface area (Å²) in [5, 5.41) is 8.03. The standard InChI is InChI=1S/C22H33N5O.ClH/c1-25(2)16-17-26(14-7-10-19-8-4-3-5-9-19)22(28)21-12-15-27(24-21)20-11-6-13-23-18-20;/h3-5,8-9,12,15,20,23H,6-7,10-11,13-14,16-18H2,1-2H3;1H. The van der Waals surface area contributed by atoms with Gasteiger partial charge in [-0.1, -0.05) is 30.3 Å². The van der Waals surface area contributed by atoms with E-state index in [1.54, 1.807) is 0 Å². The van der Waals surface area contributed by atoms with E-state index >= 15 is 0 Å². The van der Waals surface area contributed by atoms with Crippen molar-refractivity contribution in [3.05, 3.63) is 53.9 Å². The first-order chi connectivity index (χ1) is 13.6. The van der Waals surface area contributed by atoms with Gasteiger partial charge in [-0.25, -0.2) is 0 Å². The van der Waals surface area contributed by atoms with Crippen LogP contribution in [0.5, 0.6) is 0 Å². The van der Waals surface area contributed by atoms with E-state index in [-0.39, 0.29) is 18.3 Å². The molecule has 1 aromatic carbocycles. The van der Waals surface area contributed by atoms with Gasteiger partial charge < -0.3 is 15.1 Å². The minimum absolute atomic E-state index is 0. The molecule has 2 heterocycles. The molecule has 1 fully saturated rings. The number of hydrogen-bond acceptors (Lipinski definition) is 4. The molecule has 3 rings (SSSR count). The fourth-order valence-electron chi connectivity index (χ4n) is 3.63. The van der Waals surface area contributed by atoms with Gasteiger partial charge in [0.15, 0.2) is 0 Å². The SMILES string of the molecule is CN(C)CCN(CCCc1ccccc1)C(=O)c1ccn(C2CCCNC2)n1.Cl. The van der Waals surface area contributed by atoms with Crippen molar-refractivity contribution in [1.29, 1.82) is 0 Å². The lowest BCUT2D eigenvalue weighted by molar-refractivity contribution is 0.0735. The Balaban J connectivity index is 0.00000300. The van der Waals surface area contributed by atoms with Crippen molar-refractivity contribution in [2.45, 2.75) is 31.7 Å². The second kappa shape index (κ2) is 12.0. The lowest BCUT2D eigenvalue weighted by Gasteiger charge is -2.24. The maximum atomic E-state index is 13.1. The number of nitrogens with zero attached hydrogens (tertiary/aromatic N) is 4. The number of amides is 1. The quantitative estimate of drug-likeness (QED) is 0.679. The Bertz CT molecular complexity index is 728. The van der Waals surface area contributed by atoms with Crippen LogP contribution in [0.15, 0.2) is 42.6 Å². The summed E-state index contributed by atoms with van der Waals surface area (Å²) in [7, 11) is 4.08. The molecule has 2 aromatic rings. The zero-order chi connectivity index (χ0) is 19.8. The number of benzene rings is 1. The maximum Gasteiger partial charge on any atom is 0.274 e. The summed E-state index contributed by atoms with van der Waals surface area (Å²) in [6.45, 7) is 4.32. The fourth-order valence-corrected chi connectivity index (χ4v) is 3.63. The molecule has 0 spiro atoms. The molecule has 0 aliphatic carbocycles. The highest BCUT2D eigenvalue weighted by molar-refractivity contribution is 5.92. The Hall–Kier alpha value is -1.89. The van der Waals surface area contributed by atoms with Crippen molar-refractivity contribution in [2.75, 3.05) is 46.8 Å². The molecule has 1 amide bonds. The van der Waals surface area contributed by atoms with Crippen LogP contribution < -0.4 is 5.32 Å². The summed E-state index contributed by atoms with van der Waals surface area (Å²) in [5.41, 5.74) is 1.88. The Labute approximate surface area is 180 Å². The molecule has 1 N–H and O–H groups in total. The normalized spacial score (nSPS) is 16.4. The first-order valence-corrected chi connectivity index (χ1v) is 10.4. The van der Waals surface area contributed by atoms with E-state index < -0.39 is 0 Å². The van der Waals surface area contributed by atoms with E-state index in [2.05, 4.69) is 39.6 Å². The number of nitrogens with one attached hydrogen (secondary N) is 1. The van der Waals surface area contributed by atoms with Crippen molar-refractivity contribution >= 4 is 18.3 Å². The topological polar surface area (TPSA) is 53.4 Å². The Kier molecular flexibility index (Phi) is 9.64. The first-order valence-electron chi connectivity index (χ1n) is 10.4. The average Bonchev–Trinajstić information content (AvgIpc) is 3.21. The van der Waals surface area contributed by atoms with Gasteiger partial charge in [0.05, 0.1) is 6.04 Å². The largest absolute Gasteiger partial charge is 0.336 e. The van der Waals surface area contributed by atoms with Crippen LogP contribution in [0, 0.1) is 0 Å². The van der Waals surface area contributed by atoms with Crippen molar-refractivity contribution in [1.82, 2.24) is 24.9 Å². The van der Waals surface area contributed by atoms with Gasteiger partial charge >= 0.3 is 0 Å². The van der Waals surface area contributed by atoms with Crippen LogP contribution in [0.4, 0.5) is 0 Å². The molecule has 1 saturated heterocycles. The number of carbonyl (C=O) groups excluding carboxylic acids is 1. The van der Waals surface area contributed by atoms with Gasteiger partial charge in [0, 0.05) is 32.4 Å². The summed E-state index contributed by atoms with van der Waals surface area (Å²) >= 11 is 0. The van der Waals surface area contributed by atoms with Gasteiger partial charge in [-0.05, 0) is 58.0 Å². The maximum absolute atomic E-state index is 13.1. The van der Waals surface area contributed by atoms with E-state index in [1.807, 2.05) is 42.0 Å². The van der Waals surface area contributed by atoms with Crippen LogP contribution in [-0.2, 0) is 6.42 Å². The van der Waals surface area contributed by atoms with Crippen molar-refractivity contribution in [3.8, 4) is 0 Å². The first kappa shape index (κ1) is 23.4. The predicted octanol–water partition coefficient (Wildman–Crippen LogP) is 2.87. The van der Waals surface area contributed by atoms with E-state index in [0.29, 0.717) is 11.7 Å². The highest BCUT2D eigenvalue weighted by Crippen LogP contribution is 2.16. The lowest BCUT2D eigenvalue weighted by atomic mass is 10.1. The molecule has 29 heavy (non-hydrogen) atoms. The average molecular weight is 420 g/mol. The second-order valence-corrected chi connectivity index (χ2v) is 7.87. The summed E-state index contributed by atoms with van der Waals surface area (Å²) < 4.78 is 1.97. The fraction of sp³-hybridized carbons (Fsp3) is 0.545. The number of likely N-dealkylation sites (N-methyl/N-ethyl adjacent to an activating group) is 1. The summed E-state index contributed by atoms with van der Waals surface area (Å²) in [5.74, 6) is 0.0393. The van der Waals surface area contributed by atoms with Crippen LogP contribution in [0.25, 0.3) is 0 Å². The zero-order valence-electron chi connectivity index (χ0n) is 17.6. The van der Waals surface area contributed by atoms with Gasteiger partial charge in [0.2, 0.25) is 0 Å². The zero-order valence-corrected chi connectivity index (χ0v) is 18.4. The van der Waals surface area contributed by atoms with Crippen molar-refractivity contribution < 1.29 is 4.79 Å². The smallest absolute Gasteiger partial charge is 0.274 e. The van der Waals surface area contributed by atoms with Crippen LogP contribution >= 0.6 is 12.4 Å². The van der Waals surface area contributed by atoms with Crippen molar-refractivity contribution in [2.24, 2.45) is 0 Å². The molecule has 160 valence electrons. The van der Waals surface area contributed by atoms with Gasteiger partial charge in [0.25, 0.3) is 5.91 Å². The van der Waals surface area contributed by atoms with E-state index in [0.717, 1.165) is 58.4 Å². The minimum atomic E-state index is 0. The molecule has 1 unspecified atom stereocenters. The Morgan fingerprint density at radius 2 is 1.97 bits per heavy atom. The number of aromatic nitrogens is 2. The summed E-state index contributed by atoms with van der Waals surface area (Å²) in [6, 6.07) is 12.7. The van der Waals surface area contributed by atoms with Gasteiger partial charge in [-0.3, -0.25) is 9.48 Å². The third kappa shape index (κ3) is 7.14. The monoisotopic (exact) mass is 419 g/mol. The van der Waals surface area contributed by atoms with Crippen LogP contribution in [0.1, 0.15) is 41.4 Å². The van der Waals surface area contributed by atoms with Crippen molar-refractivity contribution in [3.63, 3.8) is 0 Å². The third-order valence-electron chi connectivity index (χ3n) is 5.31. The molecule has 1 aliphatic heterocycles. The molecule has 1 aliphatic rings. The van der Waals surface area contributed by atoms with E-state index in [1.165, 1.54) is 5.56 Å². The highest BCUT2D eigenvalue weighted by atomic mass is 35.5. The van der Waals surface area contributed by atoms with Crippen LogP contribution in [0.3, 0.4) is 0 Å². The number of halogens is 1. The third-order valence-corrected chi connectivity index (χ3v) is 5.31. The number of hydrogen-bond donors (Lipinski definition) is 1. The number of carbonyl (C=O) groups is 1. The number of aryl methyl sites for hydroxylation is 1. The minimum Gasteiger partial charge on any atom is -0.336 e. The van der Waals surface area contributed by atoms with Crippen LogP contribution in [0.2, 0.25) is 0 Å². The predicted molar refractivity (Wildman–Crippen MR) is 120 cm³/mol. The van der Waals surface area contributed by atoms with E-state index in [4.69, 9.17) is 0 Å². The lowest BCUT2D eigenvalue weighted by Crippen LogP contribution is -2.38. The molecule has 1 aromatic heterocycles. The van der Waals surface area contributed by atoms with Gasteiger partial charge in [-0.15, -0.1) is 12.4 Å². The molecule has 1 atom stereocenters. The Morgan fingerprint density at radius 1 is 1.17 bits per heavy atom. The molecular weight excluding hydrogens is 386 g/mol. The molecule has 0 bridgehead atoms. The van der Waals surface area contributed by atoms with Gasteiger partial charge in [0.1, 0.15) is 5.69 Å².